The largest absolute Gasteiger partial charge is 0.544 e. The van der Waals surface area contributed by atoms with Crippen LogP contribution in [0.3, 0.4) is 0 Å². The van der Waals surface area contributed by atoms with Gasteiger partial charge in [-0.3, -0.25) is 0 Å². The van der Waals surface area contributed by atoms with E-state index in [0.29, 0.717) is 23.6 Å². The van der Waals surface area contributed by atoms with Crippen molar-refractivity contribution >= 4 is 28.8 Å². The van der Waals surface area contributed by atoms with Crippen LogP contribution in [0.4, 0.5) is 52.7 Å². The van der Waals surface area contributed by atoms with E-state index in [0.717, 1.165) is 66.2 Å². The van der Waals surface area contributed by atoms with Crippen LogP contribution in [0.2, 0.25) is 38.8 Å². The van der Waals surface area contributed by atoms with Crippen molar-refractivity contribution in [2.75, 3.05) is 7.11 Å². The highest BCUT2D eigenvalue weighted by Crippen LogP contribution is 2.59. The van der Waals surface area contributed by atoms with Crippen LogP contribution in [-0.4, -0.2) is 58.6 Å². The molecule has 7 nitrogen and oxygen atoms in total. The molecule has 0 N–H and O–H groups in total. The molecule has 6 aromatic carbocycles. The first-order valence-corrected chi connectivity index (χ1v) is 33.2. The van der Waals surface area contributed by atoms with Crippen LogP contribution in [0.15, 0.2) is 163 Å². The third kappa shape index (κ3) is 13.7. The smallest absolute Gasteiger partial charge is 0.411 e. The zero-order valence-corrected chi connectivity index (χ0v) is 49.7. The van der Waals surface area contributed by atoms with Gasteiger partial charge in [-0.1, -0.05) is 85.0 Å². The first kappa shape index (κ1) is 64.8. The van der Waals surface area contributed by atoms with Crippen molar-refractivity contribution < 1.29 is 75.4 Å². The van der Waals surface area contributed by atoms with Gasteiger partial charge >= 0.3 is 24.7 Å². The topological polar surface area (TPSA) is 75.8 Å². The lowest BCUT2D eigenvalue weighted by molar-refractivity contribution is -0.290. The monoisotopic (exact) mass is 1220 g/mol. The van der Waals surface area contributed by atoms with Crippen molar-refractivity contribution in [3.63, 3.8) is 0 Å². The Bertz CT molecular complexity index is 3530. The predicted octanol–water partition coefficient (Wildman–Crippen LogP) is 19.6. The Balaban J connectivity index is 1.06. The number of allylic oxidation sites excluding steroid dienone is 4. The van der Waals surface area contributed by atoms with Gasteiger partial charge in [0.1, 0.15) is 28.7 Å². The second-order valence-corrected chi connectivity index (χ2v) is 30.3. The molecule has 0 atom stereocenters. The maximum atomic E-state index is 15.4. The summed E-state index contributed by atoms with van der Waals surface area (Å²) < 4.78 is 214. The molecule has 0 fully saturated rings. The predicted molar refractivity (Wildman–Crippen MR) is 311 cm³/mol. The molecule has 0 bridgehead atoms. The number of rotatable bonds is 22. The van der Waals surface area contributed by atoms with E-state index >= 15 is 52.7 Å². The summed E-state index contributed by atoms with van der Waals surface area (Å²) in [4.78, 5) is 0. The molecule has 1 aromatic heterocycles. The maximum absolute atomic E-state index is 15.4. The number of ether oxygens (including phenoxy) is 2. The van der Waals surface area contributed by atoms with Crippen molar-refractivity contribution in [1.82, 2.24) is 10.2 Å². The number of methoxy groups -OCH3 is 1. The van der Waals surface area contributed by atoms with Gasteiger partial charge < -0.3 is 22.7 Å². The Labute approximate surface area is 487 Å². The van der Waals surface area contributed by atoms with Gasteiger partial charge in [0.05, 0.1) is 7.11 Å². The van der Waals surface area contributed by atoms with Gasteiger partial charge in [-0.25, -0.2) is 0 Å². The summed E-state index contributed by atoms with van der Waals surface area (Å²) in [6.07, 6.45) is -14.6. The Hall–Kier alpha value is -7.79. The highest BCUT2D eigenvalue weighted by molar-refractivity contribution is 6.72. The lowest BCUT2D eigenvalue weighted by atomic mass is 9.72. The minimum Gasteiger partial charge on any atom is -0.544 e. The molecule has 7 rings (SSSR count). The van der Waals surface area contributed by atoms with Crippen LogP contribution in [0.5, 0.6) is 28.7 Å². The van der Waals surface area contributed by atoms with Crippen LogP contribution >= 0.6 is 0 Å². The summed E-state index contributed by atoms with van der Waals surface area (Å²) in [5, 5.41) is 8.36. The van der Waals surface area contributed by atoms with Gasteiger partial charge in [-0.05, 0) is 184 Å². The highest BCUT2D eigenvalue weighted by Gasteiger charge is 2.74. The molecule has 0 aliphatic carbocycles. The van der Waals surface area contributed by atoms with E-state index in [1.54, 1.807) is 38.1 Å². The molecule has 0 saturated heterocycles. The van der Waals surface area contributed by atoms with E-state index in [1.807, 2.05) is 44.9 Å². The number of alkyl halides is 12. The van der Waals surface area contributed by atoms with Crippen molar-refractivity contribution in [2.45, 2.75) is 107 Å². The van der Waals surface area contributed by atoms with E-state index in [9.17, 15) is 0 Å². The minimum absolute atomic E-state index is 0.0227. The molecule has 1 heterocycles. The summed E-state index contributed by atoms with van der Waals surface area (Å²) in [7, 11) is -3.81. The maximum Gasteiger partial charge on any atom is 0.411 e. The van der Waals surface area contributed by atoms with Crippen LogP contribution in [0.25, 0.3) is 35.1 Å². The molecule has 0 spiro atoms. The molecule has 0 aliphatic rings. The van der Waals surface area contributed by atoms with E-state index in [-0.39, 0.29) is 75.6 Å². The highest BCUT2D eigenvalue weighted by atomic mass is 28.4. The number of aryl methyl sites for hydroxylation is 1. The van der Waals surface area contributed by atoms with Gasteiger partial charge in [0.25, 0.3) is 0 Å². The summed E-state index contributed by atoms with van der Waals surface area (Å²) in [5.74, 6) is 0.873. The molecular formula is C64H62F12N2O5Si2. The Kier molecular flexibility index (Phi) is 19.1. The van der Waals surface area contributed by atoms with Gasteiger partial charge in [-0.2, -0.15) is 52.7 Å². The van der Waals surface area contributed by atoms with Crippen molar-refractivity contribution in [2.24, 2.45) is 0 Å². The SMILES string of the molecule is C=CCc1cc(C(c2ccc(O[Si](C)(C)CCc3ccc(-c4nnc(-c5ccc(Oc6ccc(C(c7ccc(OC)c(/C=C/C)c7)(C(F)(F)F)C(F)(F)F)cc6/C=C/C)cc5)o4)cc3)c(CC=C)c2)(C(F)(F)F)C(F)(F)F)ccc1O[Si](C)(C)C. The van der Waals surface area contributed by atoms with Crippen LogP contribution in [0, 0.1) is 0 Å². The first-order chi connectivity index (χ1) is 39.8. The van der Waals surface area contributed by atoms with Crippen molar-refractivity contribution in [3.8, 4) is 51.7 Å². The zero-order valence-electron chi connectivity index (χ0n) is 47.7. The normalized spacial score (nSPS) is 13.1. The fraction of sp³-hybridized carbons (Fsp3) is 0.281. The average Bonchev–Trinajstić information content (AvgIpc) is 1.08. The van der Waals surface area contributed by atoms with Crippen LogP contribution in [0.1, 0.15) is 63.9 Å². The molecular weight excluding hydrogens is 1160 g/mol. The Morgan fingerprint density at radius 2 is 0.882 bits per heavy atom. The van der Waals surface area contributed by atoms with Gasteiger partial charge in [0.15, 0.2) is 0 Å². The van der Waals surface area contributed by atoms with Crippen LogP contribution < -0.4 is 18.3 Å². The number of hydrogen-bond acceptors (Lipinski definition) is 7. The number of halogens is 12. The number of aromatic nitrogens is 2. The third-order valence-electron chi connectivity index (χ3n) is 14.0. The molecule has 21 heteroatoms. The van der Waals surface area contributed by atoms with Crippen LogP contribution in [-0.2, 0) is 30.1 Å². The Morgan fingerprint density at radius 1 is 0.494 bits per heavy atom. The minimum atomic E-state index is -5.85. The summed E-state index contributed by atoms with van der Waals surface area (Å²) in [6.45, 7) is 19.8. The van der Waals surface area contributed by atoms with E-state index in [4.69, 9.17) is 22.7 Å². The summed E-state index contributed by atoms with van der Waals surface area (Å²) >= 11 is 0. The standard InChI is InChI=1S/C64H62F12N2O5Si2/c1-11-15-44-37-48(25-31-53(44)79-5)59(61(65,66)67,62(68,69)70)49-26-32-54(45(38-49)16-12-2)80-52-29-23-43(24-30-52)58-78-77-57(81-58)42-21-19-41(20-22-42)35-36-85(9,10)83-56-34-28-51(40-47(56)18-14-4)60(63(71,72)73,64(74,75)76)50-27-33-55(82-84(6,7)8)46(39-50)17-13-3/h11-16,19-34,37-40H,3-4,17-18,35-36H2,1-2,5-10H3/b15-11+,16-12+. The molecule has 0 radical (unpaired) electrons. The lowest BCUT2D eigenvalue weighted by Crippen LogP contribution is -2.54. The zero-order chi connectivity index (χ0) is 62.6. The first-order valence-electron chi connectivity index (χ1n) is 26.7. The summed E-state index contributed by atoms with van der Waals surface area (Å²) in [5.41, 5.74) is -10.9. The molecule has 7 aromatic rings. The summed E-state index contributed by atoms with van der Waals surface area (Å²) in [6, 6.07) is 25.0. The molecule has 85 heavy (non-hydrogen) atoms. The molecule has 0 aliphatic heterocycles. The van der Waals surface area contributed by atoms with Crippen molar-refractivity contribution in [3.05, 3.63) is 209 Å². The van der Waals surface area contributed by atoms with Crippen molar-refractivity contribution in [1.29, 1.82) is 0 Å². The molecule has 0 saturated carbocycles. The number of hydrogen-bond donors (Lipinski definition) is 0. The van der Waals surface area contributed by atoms with Gasteiger partial charge in [0, 0.05) is 22.3 Å². The fourth-order valence-electron chi connectivity index (χ4n) is 10.1. The Morgan fingerprint density at radius 3 is 1.28 bits per heavy atom. The lowest BCUT2D eigenvalue weighted by Gasteiger charge is -2.39. The van der Waals surface area contributed by atoms with E-state index < -0.39 is 74.4 Å². The van der Waals surface area contributed by atoms with E-state index in [1.165, 1.54) is 67.8 Å². The second-order valence-electron chi connectivity index (χ2n) is 21.6. The number of nitrogens with zero attached hydrogens (tertiary/aromatic N) is 2. The van der Waals surface area contributed by atoms with E-state index in [2.05, 4.69) is 23.4 Å². The molecule has 0 unspecified atom stereocenters. The molecule has 0 amide bonds. The fourth-order valence-corrected chi connectivity index (χ4v) is 12.7. The van der Waals surface area contributed by atoms with Gasteiger partial charge in [0.2, 0.25) is 39.2 Å². The third-order valence-corrected chi connectivity index (χ3v) is 17.0. The van der Waals surface area contributed by atoms with Gasteiger partial charge in [-0.15, -0.1) is 23.4 Å². The molecule has 450 valence electrons. The average molecular weight is 1220 g/mol. The number of benzene rings is 6. The quantitative estimate of drug-likeness (QED) is 0.0380. The second kappa shape index (κ2) is 25.0.